The standard InChI is InChI=1S/C16H17BrN6S/c17-14-4-1-3-13(9-14)15-19-20-16-23(15)11-22(12-24-16)7-2-6-21-8-5-18-10-21/h1,3-5,8-10H,2,6-7,11-12H2. The Morgan fingerprint density at radius 3 is 3.00 bits per heavy atom. The van der Waals surface area contributed by atoms with Gasteiger partial charge in [0.05, 0.1) is 18.9 Å². The predicted octanol–water partition coefficient (Wildman–Crippen LogP) is 3.32. The van der Waals surface area contributed by atoms with Crippen molar-refractivity contribution in [2.45, 2.75) is 24.8 Å². The van der Waals surface area contributed by atoms with E-state index in [1.807, 2.05) is 30.9 Å². The summed E-state index contributed by atoms with van der Waals surface area (Å²) in [6, 6.07) is 8.21. The molecule has 0 spiro atoms. The van der Waals surface area contributed by atoms with Gasteiger partial charge in [0, 0.05) is 35.5 Å². The SMILES string of the molecule is Brc1cccc(-c2nnc3n2CN(CCCn2ccnc2)CS3)c1. The number of fused-ring (bicyclic) bond motifs is 1. The van der Waals surface area contributed by atoms with Gasteiger partial charge in [0.1, 0.15) is 0 Å². The normalized spacial score (nSPS) is 14.7. The van der Waals surface area contributed by atoms with E-state index < -0.39 is 0 Å². The van der Waals surface area contributed by atoms with E-state index in [0.717, 1.165) is 53.1 Å². The van der Waals surface area contributed by atoms with Gasteiger partial charge in [-0.3, -0.25) is 9.47 Å². The minimum atomic E-state index is 0.834. The van der Waals surface area contributed by atoms with E-state index in [-0.39, 0.29) is 0 Å². The monoisotopic (exact) mass is 404 g/mol. The third-order valence-electron chi connectivity index (χ3n) is 3.97. The van der Waals surface area contributed by atoms with Crippen molar-refractivity contribution < 1.29 is 0 Å². The quantitative estimate of drug-likeness (QED) is 0.652. The van der Waals surface area contributed by atoms with Crippen molar-refractivity contribution in [3.63, 3.8) is 0 Å². The maximum Gasteiger partial charge on any atom is 0.193 e. The van der Waals surface area contributed by atoms with E-state index in [1.54, 1.807) is 11.8 Å². The van der Waals surface area contributed by atoms with Crippen LogP contribution in [0, 0.1) is 0 Å². The van der Waals surface area contributed by atoms with Gasteiger partial charge in [-0.05, 0) is 18.6 Å². The molecule has 0 fully saturated rings. The second-order valence-electron chi connectivity index (χ2n) is 5.71. The molecule has 0 bridgehead atoms. The molecule has 0 saturated heterocycles. The second-order valence-corrected chi connectivity index (χ2v) is 7.54. The summed E-state index contributed by atoms with van der Waals surface area (Å²) in [4.78, 5) is 6.51. The van der Waals surface area contributed by atoms with Crippen LogP contribution in [0.2, 0.25) is 0 Å². The van der Waals surface area contributed by atoms with Crippen molar-refractivity contribution in [3.05, 3.63) is 47.5 Å². The van der Waals surface area contributed by atoms with E-state index in [4.69, 9.17) is 0 Å². The molecule has 1 aromatic carbocycles. The van der Waals surface area contributed by atoms with Gasteiger partial charge in [-0.15, -0.1) is 10.2 Å². The molecule has 1 aliphatic heterocycles. The van der Waals surface area contributed by atoms with Crippen LogP contribution in [0.5, 0.6) is 0 Å². The van der Waals surface area contributed by atoms with Gasteiger partial charge in [0.25, 0.3) is 0 Å². The highest BCUT2D eigenvalue weighted by Gasteiger charge is 2.22. The molecule has 6 nitrogen and oxygen atoms in total. The van der Waals surface area contributed by atoms with E-state index >= 15 is 0 Å². The zero-order valence-electron chi connectivity index (χ0n) is 13.0. The van der Waals surface area contributed by atoms with Crippen LogP contribution in [0.25, 0.3) is 11.4 Å². The van der Waals surface area contributed by atoms with Crippen LogP contribution in [0.4, 0.5) is 0 Å². The third-order valence-corrected chi connectivity index (χ3v) is 5.51. The maximum absolute atomic E-state index is 4.40. The fraction of sp³-hybridized carbons (Fsp3) is 0.312. The number of aromatic nitrogens is 5. The van der Waals surface area contributed by atoms with E-state index in [9.17, 15) is 0 Å². The lowest BCUT2D eigenvalue weighted by molar-refractivity contribution is 0.233. The molecule has 0 atom stereocenters. The Labute approximate surface area is 153 Å². The lowest BCUT2D eigenvalue weighted by atomic mass is 10.2. The molecular formula is C16H17BrN6S. The molecule has 0 N–H and O–H groups in total. The molecule has 0 unspecified atom stereocenters. The van der Waals surface area contributed by atoms with E-state index in [2.05, 4.69) is 57.3 Å². The highest BCUT2D eigenvalue weighted by atomic mass is 79.9. The number of hydrogen-bond donors (Lipinski definition) is 0. The first-order valence-corrected chi connectivity index (χ1v) is 9.57. The van der Waals surface area contributed by atoms with Gasteiger partial charge in [0.2, 0.25) is 0 Å². The Morgan fingerprint density at radius 1 is 1.21 bits per heavy atom. The zero-order chi connectivity index (χ0) is 16.4. The molecule has 24 heavy (non-hydrogen) atoms. The average Bonchev–Trinajstić information content (AvgIpc) is 3.24. The minimum Gasteiger partial charge on any atom is -0.337 e. The number of halogens is 1. The van der Waals surface area contributed by atoms with Gasteiger partial charge in [-0.2, -0.15) is 0 Å². The lowest BCUT2D eigenvalue weighted by Gasteiger charge is -2.27. The molecular weight excluding hydrogens is 388 g/mol. The molecule has 8 heteroatoms. The summed E-state index contributed by atoms with van der Waals surface area (Å²) in [5, 5.41) is 9.73. The first-order valence-electron chi connectivity index (χ1n) is 7.79. The number of aryl methyl sites for hydroxylation is 1. The molecule has 0 radical (unpaired) electrons. The van der Waals surface area contributed by atoms with Crippen molar-refractivity contribution in [3.8, 4) is 11.4 Å². The first-order chi connectivity index (χ1) is 11.8. The van der Waals surface area contributed by atoms with Crippen LogP contribution >= 0.6 is 27.7 Å². The molecule has 124 valence electrons. The van der Waals surface area contributed by atoms with Crippen molar-refractivity contribution >= 4 is 27.7 Å². The Bertz CT molecular complexity index is 816. The summed E-state index contributed by atoms with van der Waals surface area (Å²) in [6.45, 7) is 2.87. The summed E-state index contributed by atoms with van der Waals surface area (Å²) in [5.74, 6) is 1.89. The predicted molar refractivity (Wildman–Crippen MR) is 97.4 cm³/mol. The Hall–Kier alpha value is -1.64. The molecule has 3 heterocycles. The number of benzene rings is 1. The Kier molecular flexibility index (Phi) is 4.68. The number of imidazole rings is 1. The largest absolute Gasteiger partial charge is 0.337 e. The van der Waals surface area contributed by atoms with Crippen molar-refractivity contribution in [1.29, 1.82) is 0 Å². The summed E-state index contributed by atoms with van der Waals surface area (Å²) < 4.78 is 5.37. The molecule has 0 saturated carbocycles. The number of hydrogen-bond acceptors (Lipinski definition) is 5. The minimum absolute atomic E-state index is 0.834. The fourth-order valence-corrected chi connectivity index (χ4v) is 4.09. The fourth-order valence-electron chi connectivity index (χ4n) is 2.79. The van der Waals surface area contributed by atoms with Gasteiger partial charge < -0.3 is 4.57 Å². The summed E-state index contributed by atoms with van der Waals surface area (Å²) in [6.07, 6.45) is 6.80. The van der Waals surface area contributed by atoms with E-state index in [1.165, 1.54) is 0 Å². The second kappa shape index (κ2) is 7.08. The summed E-state index contributed by atoms with van der Waals surface area (Å²) >= 11 is 5.28. The number of thioether (sulfide) groups is 1. The highest BCUT2D eigenvalue weighted by molar-refractivity contribution is 9.10. The molecule has 3 aromatic rings. The molecule has 0 amide bonds. The van der Waals surface area contributed by atoms with Crippen LogP contribution in [0.15, 0.2) is 52.6 Å². The van der Waals surface area contributed by atoms with Crippen LogP contribution < -0.4 is 0 Å². The van der Waals surface area contributed by atoms with Crippen LogP contribution in [0.3, 0.4) is 0 Å². The first kappa shape index (κ1) is 15.9. The zero-order valence-corrected chi connectivity index (χ0v) is 15.4. The number of nitrogens with zero attached hydrogens (tertiary/aromatic N) is 6. The Balaban J connectivity index is 1.45. The summed E-state index contributed by atoms with van der Waals surface area (Å²) in [5.41, 5.74) is 1.09. The number of rotatable bonds is 5. The van der Waals surface area contributed by atoms with Crippen molar-refractivity contribution in [1.82, 2.24) is 29.2 Å². The lowest BCUT2D eigenvalue weighted by Crippen LogP contribution is -2.32. The van der Waals surface area contributed by atoms with Crippen LogP contribution in [-0.4, -0.2) is 41.6 Å². The van der Waals surface area contributed by atoms with Gasteiger partial charge >= 0.3 is 0 Å². The third kappa shape index (κ3) is 3.40. The Morgan fingerprint density at radius 2 is 2.17 bits per heavy atom. The van der Waals surface area contributed by atoms with E-state index in [0.29, 0.717) is 0 Å². The van der Waals surface area contributed by atoms with Crippen molar-refractivity contribution in [2.24, 2.45) is 0 Å². The summed E-state index contributed by atoms with van der Waals surface area (Å²) in [7, 11) is 0. The van der Waals surface area contributed by atoms with Crippen LogP contribution in [0.1, 0.15) is 6.42 Å². The van der Waals surface area contributed by atoms with Gasteiger partial charge in [-0.1, -0.05) is 39.8 Å². The molecule has 4 rings (SSSR count). The molecule has 2 aromatic heterocycles. The van der Waals surface area contributed by atoms with Crippen LogP contribution in [-0.2, 0) is 13.2 Å². The maximum atomic E-state index is 4.40. The highest BCUT2D eigenvalue weighted by Crippen LogP contribution is 2.29. The smallest absolute Gasteiger partial charge is 0.193 e. The van der Waals surface area contributed by atoms with Gasteiger partial charge in [-0.25, -0.2) is 4.98 Å². The van der Waals surface area contributed by atoms with Crippen molar-refractivity contribution in [2.75, 3.05) is 12.4 Å². The molecule has 1 aliphatic rings. The average molecular weight is 405 g/mol. The van der Waals surface area contributed by atoms with Gasteiger partial charge in [0.15, 0.2) is 11.0 Å². The topological polar surface area (TPSA) is 51.8 Å². The molecule has 0 aliphatic carbocycles.